The Bertz CT molecular complexity index is 576. The van der Waals surface area contributed by atoms with E-state index in [0.29, 0.717) is 6.04 Å². The van der Waals surface area contributed by atoms with Crippen molar-refractivity contribution in [3.05, 3.63) is 24.4 Å². The third-order valence-corrected chi connectivity index (χ3v) is 4.65. The average molecular weight is 256 g/mol. The Balaban J connectivity index is 1.54. The molecule has 0 saturated carbocycles. The predicted octanol–water partition coefficient (Wildman–Crippen LogP) is 2.60. The van der Waals surface area contributed by atoms with Crippen LogP contribution < -0.4 is 5.32 Å². The number of aromatic amines is 1. The van der Waals surface area contributed by atoms with Crippen molar-refractivity contribution in [3.8, 4) is 0 Å². The number of benzene rings is 1. The smallest absolute Gasteiger partial charge is 0.0651 e. The van der Waals surface area contributed by atoms with Crippen LogP contribution in [0.1, 0.15) is 25.7 Å². The van der Waals surface area contributed by atoms with Gasteiger partial charge in [0.15, 0.2) is 0 Å². The van der Waals surface area contributed by atoms with Gasteiger partial charge in [-0.1, -0.05) is 6.42 Å². The van der Waals surface area contributed by atoms with E-state index in [1.807, 2.05) is 6.20 Å². The quantitative estimate of drug-likeness (QED) is 0.868. The summed E-state index contributed by atoms with van der Waals surface area (Å²) in [5, 5.41) is 12.0. The lowest BCUT2D eigenvalue weighted by atomic mass is 9.99. The van der Waals surface area contributed by atoms with Gasteiger partial charge in [-0.2, -0.15) is 5.10 Å². The largest absolute Gasteiger partial charge is 0.381 e. The molecule has 1 aromatic carbocycles. The van der Waals surface area contributed by atoms with E-state index in [9.17, 15) is 0 Å². The number of piperidine rings is 1. The van der Waals surface area contributed by atoms with Crippen LogP contribution >= 0.6 is 0 Å². The summed E-state index contributed by atoms with van der Waals surface area (Å²) in [7, 11) is 0. The van der Waals surface area contributed by atoms with Gasteiger partial charge in [0.05, 0.1) is 11.7 Å². The summed E-state index contributed by atoms with van der Waals surface area (Å²) in [6.07, 6.45) is 7.28. The first-order valence-corrected chi connectivity index (χ1v) is 7.34. The molecule has 4 heteroatoms. The summed E-state index contributed by atoms with van der Waals surface area (Å²) < 4.78 is 0. The van der Waals surface area contributed by atoms with Gasteiger partial charge >= 0.3 is 0 Å². The van der Waals surface area contributed by atoms with Crippen LogP contribution in [0.5, 0.6) is 0 Å². The highest BCUT2D eigenvalue weighted by Gasteiger charge is 2.35. The molecule has 19 heavy (non-hydrogen) atoms. The van der Waals surface area contributed by atoms with E-state index in [1.165, 1.54) is 49.8 Å². The molecule has 2 aromatic rings. The zero-order chi connectivity index (χ0) is 12.7. The van der Waals surface area contributed by atoms with Gasteiger partial charge < -0.3 is 5.32 Å². The van der Waals surface area contributed by atoms with Gasteiger partial charge in [-0.15, -0.1) is 0 Å². The number of rotatable bonds is 2. The standard InChI is InChI=1S/C15H20N4/c1-2-7-19-8-6-14(15(19)3-1)17-12-4-5-13-11(9-12)10-16-18-13/h4-5,9-10,14-15,17H,1-3,6-8H2,(H,16,18). The van der Waals surface area contributed by atoms with Crippen molar-refractivity contribution in [3.63, 3.8) is 0 Å². The third-order valence-electron chi connectivity index (χ3n) is 4.65. The zero-order valence-electron chi connectivity index (χ0n) is 11.1. The number of aromatic nitrogens is 2. The number of nitrogens with one attached hydrogen (secondary N) is 2. The Morgan fingerprint density at radius 1 is 1.21 bits per heavy atom. The van der Waals surface area contributed by atoms with Crippen LogP contribution in [0.2, 0.25) is 0 Å². The maximum atomic E-state index is 4.08. The fourth-order valence-corrected chi connectivity index (χ4v) is 3.66. The fourth-order valence-electron chi connectivity index (χ4n) is 3.66. The van der Waals surface area contributed by atoms with Crippen LogP contribution in [0, 0.1) is 0 Å². The van der Waals surface area contributed by atoms with Crippen molar-refractivity contribution in [2.45, 2.75) is 37.8 Å². The Labute approximate surface area is 113 Å². The van der Waals surface area contributed by atoms with Crippen LogP contribution in [0.25, 0.3) is 10.9 Å². The van der Waals surface area contributed by atoms with E-state index in [2.05, 4.69) is 38.6 Å². The lowest BCUT2D eigenvalue weighted by Crippen LogP contribution is -2.41. The first kappa shape index (κ1) is 11.3. The predicted molar refractivity (Wildman–Crippen MR) is 77.3 cm³/mol. The lowest BCUT2D eigenvalue weighted by molar-refractivity contribution is 0.193. The van der Waals surface area contributed by atoms with Gasteiger partial charge in [-0.05, 0) is 44.0 Å². The number of hydrogen-bond donors (Lipinski definition) is 2. The maximum Gasteiger partial charge on any atom is 0.0651 e. The molecule has 0 amide bonds. The number of nitrogens with zero attached hydrogens (tertiary/aromatic N) is 2. The molecule has 3 heterocycles. The Kier molecular flexibility index (Phi) is 2.69. The van der Waals surface area contributed by atoms with Crippen LogP contribution in [0.4, 0.5) is 5.69 Å². The van der Waals surface area contributed by atoms with E-state index >= 15 is 0 Å². The van der Waals surface area contributed by atoms with E-state index in [4.69, 9.17) is 0 Å². The fraction of sp³-hybridized carbons (Fsp3) is 0.533. The van der Waals surface area contributed by atoms with E-state index in [0.717, 1.165) is 11.6 Å². The highest BCUT2D eigenvalue weighted by molar-refractivity contribution is 5.81. The molecular weight excluding hydrogens is 236 g/mol. The van der Waals surface area contributed by atoms with Crippen LogP contribution in [0.3, 0.4) is 0 Å². The molecule has 1 aromatic heterocycles. The van der Waals surface area contributed by atoms with Crippen molar-refractivity contribution < 1.29 is 0 Å². The van der Waals surface area contributed by atoms with Gasteiger partial charge in [-0.3, -0.25) is 10.00 Å². The summed E-state index contributed by atoms with van der Waals surface area (Å²) in [4.78, 5) is 2.66. The second kappa shape index (κ2) is 4.53. The molecule has 2 aliphatic rings. The number of fused-ring (bicyclic) bond motifs is 2. The molecule has 2 saturated heterocycles. The van der Waals surface area contributed by atoms with E-state index in [1.54, 1.807) is 0 Å². The average Bonchev–Trinajstić information content (AvgIpc) is 3.06. The Morgan fingerprint density at radius 2 is 2.21 bits per heavy atom. The van der Waals surface area contributed by atoms with Gasteiger partial charge in [0.2, 0.25) is 0 Å². The summed E-state index contributed by atoms with van der Waals surface area (Å²) in [5.41, 5.74) is 2.34. The molecule has 2 N–H and O–H groups in total. The van der Waals surface area contributed by atoms with Gasteiger partial charge in [0.1, 0.15) is 0 Å². The van der Waals surface area contributed by atoms with Gasteiger partial charge in [0, 0.05) is 29.7 Å². The second-order valence-corrected chi connectivity index (χ2v) is 5.81. The monoisotopic (exact) mass is 256 g/mol. The van der Waals surface area contributed by atoms with E-state index < -0.39 is 0 Å². The lowest BCUT2D eigenvalue weighted by Gasteiger charge is -2.33. The highest BCUT2D eigenvalue weighted by Crippen LogP contribution is 2.29. The van der Waals surface area contributed by atoms with Crippen LogP contribution in [-0.4, -0.2) is 40.3 Å². The molecule has 2 aliphatic heterocycles. The third kappa shape index (κ3) is 2.00. The van der Waals surface area contributed by atoms with Crippen molar-refractivity contribution >= 4 is 16.6 Å². The molecule has 2 fully saturated rings. The summed E-state index contributed by atoms with van der Waals surface area (Å²) in [6, 6.07) is 7.83. The number of hydrogen-bond acceptors (Lipinski definition) is 3. The topological polar surface area (TPSA) is 44.0 Å². The van der Waals surface area contributed by atoms with Gasteiger partial charge in [-0.25, -0.2) is 0 Å². The van der Waals surface area contributed by atoms with E-state index in [-0.39, 0.29) is 0 Å². The molecule has 4 nitrogen and oxygen atoms in total. The minimum absolute atomic E-state index is 0.615. The normalized spacial score (nSPS) is 27.6. The molecule has 0 radical (unpaired) electrons. The minimum Gasteiger partial charge on any atom is -0.381 e. The SMILES string of the molecule is c1cc2[nH]ncc2cc1NC1CCN2CCCCC12. The number of H-pyrrole nitrogens is 1. The molecule has 4 rings (SSSR count). The van der Waals surface area contributed by atoms with Crippen molar-refractivity contribution in [1.29, 1.82) is 0 Å². The first-order chi connectivity index (χ1) is 9.40. The summed E-state index contributed by atoms with van der Waals surface area (Å²) in [6.45, 7) is 2.56. The highest BCUT2D eigenvalue weighted by atomic mass is 15.2. The molecule has 0 aliphatic carbocycles. The zero-order valence-corrected chi connectivity index (χ0v) is 11.1. The van der Waals surface area contributed by atoms with Gasteiger partial charge in [0.25, 0.3) is 0 Å². The summed E-state index contributed by atoms with van der Waals surface area (Å²) in [5.74, 6) is 0. The molecule has 2 atom stereocenters. The molecular formula is C15H20N4. The van der Waals surface area contributed by atoms with Crippen molar-refractivity contribution in [1.82, 2.24) is 15.1 Å². The summed E-state index contributed by atoms with van der Waals surface area (Å²) >= 11 is 0. The first-order valence-electron chi connectivity index (χ1n) is 7.34. The molecule has 2 unspecified atom stereocenters. The number of anilines is 1. The van der Waals surface area contributed by atoms with Crippen LogP contribution in [0.15, 0.2) is 24.4 Å². The Morgan fingerprint density at radius 3 is 3.21 bits per heavy atom. The molecule has 100 valence electrons. The van der Waals surface area contributed by atoms with Crippen molar-refractivity contribution in [2.75, 3.05) is 18.4 Å². The van der Waals surface area contributed by atoms with Crippen molar-refractivity contribution in [2.24, 2.45) is 0 Å². The molecule has 0 bridgehead atoms. The second-order valence-electron chi connectivity index (χ2n) is 5.81. The minimum atomic E-state index is 0.615. The maximum absolute atomic E-state index is 4.08. The molecule has 0 spiro atoms. The van der Waals surface area contributed by atoms with Crippen LogP contribution in [-0.2, 0) is 0 Å². The Hall–Kier alpha value is -1.55.